The highest BCUT2D eigenvalue weighted by molar-refractivity contribution is 5.86. The lowest BCUT2D eigenvalue weighted by molar-refractivity contribution is 0.0280. The first-order valence-corrected chi connectivity index (χ1v) is 7.25. The van der Waals surface area contributed by atoms with Gasteiger partial charge in [0.15, 0.2) is 0 Å². The van der Waals surface area contributed by atoms with E-state index in [1.165, 1.54) is 26.4 Å². The Morgan fingerprint density at radius 1 is 1.40 bits per heavy atom. The number of nitrogens with zero attached hydrogens (tertiary/aromatic N) is 1. The predicted molar refractivity (Wildman–Crippen MR) is 76.2 cm³/mol. The third kappa shape index (κ3) is 3.22. The van der Waals surface area contributed by atoms with Crippen LogP contribution in [0, 0.1) is 0 Å². The highest BCUT2D eigenvalue weighted by Gasteiger charge is 2.27. The summed E-state index contributed by atoms with van der Waals surface area (Å²) in [5.41, 5.74) is 3.49. The van der Waals surface area contributed by atoms with E-state index in [-0.39, 0.29) is 11.8 Å². The molecule has 1 aliphatic heterocycles. The van der Waals surface area contributed by atoms with Gasteiger partial charge in [0.1, 0.15) is 5.76 Å². The van der Waals surface area contributed by atoms with E-state index in [9.17, 15) is 4.79 Å². The third-order valence-corrected chi connectivity index (χ3v) is 3.98. The van der Waals surface area contributed by atoms with E-state index in [0.29, 0.717) is 12.1 Å². The van der Waals surface area contributed by atoms with Gasteiger partial charge in [-0.05, 0) is 45.7 Å². The average molecular weight is 280 g/mol. The highest BCUT2D eigenvalue weighted by Crippen LogP contribution is 2.24. The minimum Gasteiger partial charge on any atom is -0.463 e. The molecule has 3 unspecified atom stereocenters. The Bertz CT molecular complexity index is 448. The number of nitrogens with one attached hydrogen (secondary N) is 1. The lowest BCUT2D eigenvalue weighted by atomic mass is 10.00. The van der Waals surface area contributed by atoms with Crippen LogP contribution in [-0.4, -0.2) is 30.2 Å². The maximum absolute atomic E-state index is 11.4. The lowest BCUT2D eigenvalue weighted by Gasteiger charge is -2.40. The lowest BCUT2D eigenvalue weighted by Crippen LogP contribution is -2.52. The molecule has 20 heavy (non-hydrogen) atoms. The van der Waals surface area contributed by atoms with Gasteiger partial charge >= 0.3 is 5.97 Å². The molecule has 1 aromatic rings. The maximum Gasteiger partial charge on any atom is 0.373 e. The smallest absolute Gasteiger partial charge is 0.373 e. The molecule has 1 aromatic heterocycles. The van der Waals surface area contributed by atoms with Gasteiger partial charge in [0.25, 0.3) is 0 Å². The van der Waals surface area contributed by atoms with Crippen LogP contribution >= 0.6 is 0 Å². The Hall–Kier alpha value is -1.33. The summed E-state index contributed by atoms with van der Waals surface area (Å²) < 4.78 is 10.2. The molecule has 2 heterocycles. The fourth-order valence-corrected chi connectivity index (χ4v) is 2.76. The van der Waals surface area contributed by atoms with E-state index in [2.05, 4.69) is 29.0 Å². The van der Waals surface area contributed by atoms with Gasteiger partial charge in [-0.3, -0.25) is 0 Å². The second-order valence-corrected chi connectivity index (χ2v) is 5.58. The van der Waals surface area contributed by atoms with Gasteiger partial charge in [-0.15, -0.1) is 0 Å². The first kappa shape index (κ1) is 15.1. The fourth-order valence-electron chi connectivity index (χ4n) is 2.76. The van der Waals surface area contributed by atoms with Crippen molar-refractivity contribution in [3.63, 3.8) is 0 Å². The molecule has 0 radical (unpaired) electrons. The maximum atomic E-state index is 11.4. The van der Waals surface area contributed by atoms with Crippen molar-refractivity contribution in [2.45, 2.75) is 58.2 Å². The van der Waals surface area contributed by atoms with Gasteiger partial charge in [0.2, 0.25) is 5.76 Å². The molecule has 0 aliphatic carbocycles. The standard InChI is InChI=1S/C15H24N2O3/c1-10-6-5-7-11(2)17(10)16-12(3)13-8-9-14(20-13)15(18)19-4/h8-12,16H,5-7H2,1-4H3. The van der Waals surface area contributed by atoms with Crippen LogP contribution in [0.5, 0.6) is 0 Å². The molecular formula is C15H24N2O3. The van der Waals surface area contributed by atoms with Crippen LogP contribution in [0.3, 0.4) is 0 Å². The zero-order valence-electron chi connectivity index (χ0n) is 12.7. The Morgan fingerprint density at radius 3 is 2.65 bits per heavy atom. The number of hydrogen-bond acceptors (Lipinski definition) is 5. The summed E-state index contributed by atoms with van der Waals surface area (Å²) >= 11 is 0. The Kier molecular flexibility index (Phi) is 4.83. The van der Waals surface area contributed by atoms with Crippen molar-refractivity contribution in [2.24, 2.45) is 0 Å². The summed E-state index contributed by atoms with van der Waals surface area (Å²) in [6.07, 6.45) is 3.69. The van der Waals surface area contributed by atoms with Crippen molar-refractivity contribution < 1.29 is 13.9 Å². The first-order valence-electron chi connectivity index (χ1n) is 7.25. The average Bonchev–Trinajstić information content (AvgIpc) is 2.92. The van der Waals surface area contributed by atoms with Crippen molar-refractivity contribution in [3.8, 4) is 0 Å². The SMILES string of the molecule is COC(=O)c1ccc(C(C)NN2C(C)CCCC2C)o1. The van der Waals surface area contributed by atoms with Crippen LogP contribution in [0.15, 0.2) is 16.5 Å². The number of rotatable bonds is 4. The largest absolute Gasteiger partial charge is 0.463 e. The molecule has 1 fully saturated rings. The van der Waals surface area contributed by atoms with Crippen LogP contribution in [0.25, 0.3) is 0 Å². The number of hydrazine groups is 1. The molecule has 112 valence electrons. The number of ether oxygens (including phenoxy) is 1. The second kappa shape index (κ2) is 6.41. The summed E-state index contributed by atoms with van der Waals surface area (Å²) in [6, 6.07) is 4.52. The van der Waals surface area contributed by atoms with Gasteiger partial charge in [-0.1, -0.05) is 6.42 Å². The zero-order chi connectivity index (χ0) is 14.7. The molecule has 0 aromatic carbocycles. The number of carbonyl (C=O) groups is 1. The van der Waals surface area contributed by atoms with Crippen LogP contribution in [0.4, 0.5) is 0 Å². The van der Waals surface area contributed by atoms with Crippen molar-refractivity contribution in [1.29, 1.82) is 0 Å². The van der Waals surface area contributed by atoms with E-state index < -0.39 is 5.97 Å². The molecule has 2 rings (SSSR count). The molecule has 3 atom stereocenters. The second-order valence-electron chi connectivity index (χ2n) is 5.58. The molecule has 0 saturated carbocycles. The quantitative estimate of drug-likeness (QED) is 0.859. The van der Waals surface area contributed by atoms with E-state index in [1.807, 2.05) is 13.0 Å². The summed E-state index contributed by atoms with van der Waals surface area (Å²) in [4.78, 5) is 11.4. The molecule has 1 N–H and O–H groups in total. The number of hydrogen-bond donors (Lipinski definition) is 1. The van der Waals surface area contributed by atoms with Gasteiger partial charge in [0.05, 0.1) is 13.2 Å². The number of piperidine rings is 1. The van der Waals surface area contributed by atoms with E-state index >= 15 is 0 Å². The Labute approximate surface area is 120 Å². The molecule has 0 spiro atoms. The first-order chi connectivity index (χ1) is 9.52. The topological polar surface area (TPSA) is 54.7 Å². The van der Waals surface area contributed by atoms with E-state index in [0.717, 1.165) is 5.76 Å². The Balaban J connectivity index is 2.02. The van der Waals surface area contributed by atoms with Crippen LogP contribution < -0.4 is 5.43 Å². The van der Waals surface area contributed by atoms with Gasteiger partial charge in [-0.25, -0.2) is 15.2 Å². The van der Waals surface area contributed by atoms with Crippen LogP contribution in [-0.2, 0) is 4.74 Å². The molecule has 0 amide bonds. The van der Waals surface area contributed by atoms with Crippen molar-refractivity contribution >= 4 is 5.97 Å². The van der Waals surface area contributed by atoms with Gasteiger partial charge < -0.3 is 9.15 Å². The number of furan rings is 1. The Morgan fingerprint density at radius 2 is 2.05 bits per heavy atom. The van der Waals surface area contributed by atoms with Crippen molar-refractivity contribution in [2.75, 3.05) is 7.11 Å². The third-order valence-electron chi connectivity index (χ3n) is 3.98. The molecule has 1 aliphatic rings. The summed E-state index contributed by atoms with van der Waals surface area (Å²) in [5.74, 6) is 0.550. The molecule has 5 heteroatoms. The molecule has 5 nitrogen and oxygen atoms in total. The number of methoxy groups -OCH3 is 1. The van der Waals surface area contributed by atoms with Gasteiger partial charge in [0, 0.05) is 12.1 Å². The molecule has 0 bridgehead atoms. The summed E-state index contributed by atoms with van der Waals surface area (Å²) in [7, 11) is 1.35. The monoisotopic (exact) mass is 280 g/mol. The van der Waals surface area contributed by atoms with Crippen LogP contribution in [0.1, 0.15) is 62.4 Å². The van der Waals surface area contributed by atoms with E-state index in [4.69, 9.17) is 4.42 Å². The van der Waals surface area contributed by atoms with Crippen molar-refractivity contribution in [1.82, 2.24) is 10.4 Å². The van der Waals surface area contributed by atoms with Crippen molar-refractivity contribution in [3.05, 3.63) is 23.7 Å². The number of carbonyl (C=O) groups excluding carboxylic acids is 1. The normalized spacial score (nSPS) is 25.4. The predicted octanol–water partition coefficient (Wildman–Crippen LogP) is 2.89. The molecular weight excluding hydrogens is 256 g/mol. The minimum absolute atomic E-state index is 0.0245. The summed E-state index contributed by atoms with van der Waals surface area (Å²) in [5, 5.41) is 2.30. The number of esters is 1. The fraction of sp³-hybridized carbons (Fsp3) is 0.667. The zero-order valence-corrected chi connectivity index (χ0v) is 12.7. The van der Waals surface area contributed by atoms with Crippen LogP contribution in [0.2, 0.25) is 0 Å². The van der Waals surface area contributed by atoms with Gasteiger partial charge in [-0.2, -0.15) is 0 Å². The van der Waals surface area contributed by atoms with E-state index in [1.54, 1.807) is 6.07 Å². The summed E-state index contributed by atoms with van der Waals surface area (Å²) in [6.45, 7) is 6.50. The molecule has 1 saturated heterocycles. The highest BCUT2D eigenvalue weighted by atomic mass is 16.5. The minimum atomic E-state index is -0.442.